The van der Waals surface area contributed by atoms with E-state index >= 15 is 0 Å². The molecular weight excluding hydrogens is 749 g/mol. The summed E-state index contributed by atoms with van der Waals surface area (Å²) in [5.74, 6) is 0. The maximum atomic E-state index is 2.47. The lowest BCUT2D eigenvalue weighted by molar-refractivity contribution is 1.18. The van der Waals surface area contributed by atoms with Gasteiger partial charge in [0.2, 0.25) is 0 Å². The van der Waals surface area contributed by atoms with Crippen LogP contribution in [0.4, 0.5) is 17.1 Å². The number of anilines is 3. The normalized spacial score (nSPS) is 11.2. The number of rotatable bonds is 9. The molecule has 1 aromatic heterocycles. The van der Waals surface area contributed by atoms with Crippen LogP contribution in [0.25, 0.3) is 83.1 Å². The van der Waals surface area contributed by atoms with Gasteiger partial charge in [-0.2, -0.15) is 0 Å². The summed E-state index contributed by atoms with van der Waals surface area (Å²) in [5, 5.41) is 2.38. The second kappa shape index (κ2) is 16.1. The van der Waals surface area contributed by atoms with E-state index in [1.807, 2.05) is 0 Å². The molecule has 0 atom stereocenters. The van der Waals surface area contributed by atoms with Crippen molar-refractivity contribution < 1.29 is 0 Å². The molecule has 0 aliphatic rings. The summed E-state index contributed by atoms with van der Waals surface area (Å²) >= 11 is 0. The lowest BCUT2D eigenvalue weighted by Gasteiger charge is -2.29. The third kappa shape index (κ3) is 6.56. The Labute approximate surface area is 362 Å². The fourth-order valence-electron chi connectivity index (χ4n) is 9.26. The summed E-state index contributed by atoms with van der Waals surface area (Å²) < 4.78 is 2.47. The average molecular weight is 791 g/mol. The minimum absolute atomic E-state index is 1.08. The number of fused-ring (bicyclic) bond motifs is 3. The zero-order valence-electron chi connectivity index (χ0n) is 34.1. The molecular formula is C60H42N2. The molecule has 0 aliphatic heterocycles. The first-order valence-corrected chi connectivity index (χ1v) is 21.3. The Bertz CT molecular complexity index is 3330. The van der Waals surface area contributed by atoms with Crippen molar-refractivity contribution in [2.24, 2.45) is 0 Å². The van der Waals surface area contributed by atoms with Crippen molar-refractivity contribution in [2.45, 2.75) is 0 Å². The van der Waals surface area contributed by atoms with Gasteiger partial charge in [-0.05, 0) is 87.0 Å². The minimum atomic E-state index is 1.08. The summed E-state index contributed by atoms with van der Waals surface area (Å²) in [6.45, 7) is 0. The van der Waals surface area contributed by atoms with Crippen molar-refractivity contribution in [1.29, 1.82) is 0 Å². The van der Waals surface area contributed by atoms with E-state index in [0.717, 1.165) is 39.3 Å². The van der Waals surface area contributed by atoms with E-state index < -0.39 is 0 Å². The monoisotopic (exact) mass is 790 g/mol. The van der Waals surface area contributed by atoms with E-state index in [2.05, 4.69) is 264 Å². The van der Waals surface area contributed by atoms with Crippen molar-refractivity contribution in [1.82, 2.24) is 4.57 Å². The van der Waals surface area contributed by atoms with E-state index in [4.69, 9.17) is 0 Å². The van der Waals surface area contributed by atoms with Crippen LogP contribution in [-0.2, 0) is 0 Å². The van der Waals surface area contributed by atoms with Gasteiger partial charge >= 0.3 is 0 Å². The van der Waals surface area contributed by atoms with E-state index in [1.165, 1.54) is 60.8 Å². The van der Waals surface area contributed by atoms with E-state index in [9.17, 15) is 0 Å². The van der Waals surface area contributed by atoms with Gasteiger partial charge in [0.1, 0.15) is 0 Å². The van der Waals surface area contributed by atoms with Crippen LogP contribution in [-0.4, -0.2) is 4.57 Å². The van der Waals surface area contributed by atoms with Crippen LogP contribution in [0.5, 0.6) is 0 Å². The molecule has 11 rings (SSSR count). The molecule has 0 spiro atoms. The molecule has 0 bridgehead atoms. The molecule has 10 aromatic carbocycles. The molecule has 0 radical (unpaired) electrons. The van der Waals surface area contributed by atoms with Crippen LogP contribution in [0.3, 0.4) is 0 Å². The molecule has 0 saturated heterocycles. The smallest absolute Gasteiger partial charge is 0.0562 e. The van der Waals surface area contributed by atoms with Crippen molar-refractivity contribution in [2.75, 3.05) is 4.90 Å². The summed E-state index contributed by atoms with van der Waals surface area (Å²) in [6, 6.07) is 92.0. The highest BCUT2D eigenvalue weighted by Gasteiger charge is 2.24. The zero-order chi connectivity index (χ0) is 41.2. The molecule has 2 heteroatoms. The summed E-state index contributed by atoms with van der Waals surface area (Å²) in [6.07, 6.45) is 0. The Kier molecular flexibility index (Phi) is 9.57. The minimum Gasteiger partial charge on any atom is -0.309 e. The first kappa shape index (κ1) is 36.8. The molecule has 1 heterocycles. The van der Waals surface area contributed by atoms with Crippen LogP contribution in [0.15, 0.2) is 255 Å². The quantitative estimate of drug-likeness (QED) is 0.141. The second-order valence-electron chi connectivity index (χ2n) is 15.6. The molecule has 292 valence electrons. The van der Waals surface area contributed by atoms with Crippen molar-refractivity contribution >= 4 is 38.9 Å². The van der Waals surface area contributed by atoms with Crippen LogP contribution < -0.4 is 4.90 Å². The van der Waals surface area contributed by atoms with Gasteiger partial charge in [-0.25, -0.2) is 0 Å². The second-order valence-corrected chi connectivity index (χ2v) is 15.6. The summed E-state index contributed by atoms with van der Waals surface area (Å²) in [4.78, 5) is 2.46. The molecule has 0 fully saturated rings. The number of aromatic nitrogens is 1. The Morgan fingerprint density at radius 1 is 0.258 bits per heavy atom. The number of hydrogen-bond acceptors (Lipinski definition) is 1. The van der Waals surface area contributed by atoms with E-state index in [1.54, 1.807) is 0 Å². The largest absolute Gasteiger partial charge is 0.309 e. The first-order valence-electron chi connectivity index (χ1n) is 21.3. The molecule has 11 aromatic rings. The highest BCUT2D eigenvalue weighted by atomic mass is 15.2. The number of benzene rings is 10. The van der Waals surface area contributed by atoms with Crippen LogP contribution >= 0.6 is 0 Å². The lowest BCUT2D eigenvalue weighted by atomic mass is 9.93. The topological polar surface area (TPSA) is 8.17 Å². The lowest BCUT2D eigenvalue weighted by Crippen LogP contribution is -2.11. The summed E-state index contributed by atoms with van der Waals surface area (Å²) in [7, 11) is 0. The summed E-state index contributed by atoms with van der Waals surface area (Å²) in [5.41, 5.74) is 18.7. The van der Waals surface area contributed by atoms with Crippen molar-refractivity contribution in [3.8, 4) is 61.3 Å². The van der Waals surface area contributed by atoms with Gasteiger partial charge in [0, 0.05) is 27.6 Å². The van der Waals surface area contributed by atoms with Gasteiger partial charge < -0.3 is 9.47 Å². The van der Waals surface area contributed by atoms with Gasteiger partial charge in [0.05, 0.1) is 28.1 Å². The molecule has 62 heavy (non-hydrogen) atoms. The van der Waals surface area contributed by atoms with E-state index in [0.29, 0.717) is 0 Å². The highest BCUT2D eigenvalue weighted by molar-refractivity contribution is 6.17. The Morgan fingerprint density at radius 2 is 0.677 bits per heavy atom. The van der Waals surface area contributed by atoms with Gasteiger partial charge in [-0.3, -0.25) is 0 Å². The zero-order valence-corrected chi connectivity index (χ0v) is 34.1. The third-order valence-corrected chi connectivity index (χ3v) is 12.0. The predicted molar refractivity (Wildman–Crippen MR) is 263 cm³/mol. The molecule has 0 amide bonds. The van der Waals surface area contributed by atoms with Crippen LogP contribution in [0.2, 0.25) is 0 Å². The maximum Gasteiger partial charge on any atom is 0.0562 e. The predicted octanol–water partition coefficient (Wildman–Crippen LogP) is 16.6. The standard InChI is InChI=1S/C60H42N2/c1-4-21-43(22-5-1)48-27-10-11-28-49(48)46-39-41-47(42-40-46)61(55-34-17-14-30-51(55)45-25-8-3-9-26-45)58-37-20-38-59-60(58)54-33-16-19-36-57(54)62(59)56-35-18-15-32-53(56)52-31-13-12-29-50(52)44-23-6-2-7-24-44/h1-42H. The average Bonchev–Trinajstić information content (AvgIpc) is 3.70. The van der Waals surface area contributed by atoms with Crippen molar-refractivity contribution in [3.63, 3.8) is 0 Å². The van der Waals surface area contributed by atoms with Gasteiger partial charge in [-0.1, -0.05) is 212 Å². The highest BCUT2D eigenvalue weighted by Crippen LogP contribution is 2.48. The van der Waals surface area contributed by atoms with Gasteiger partial charge in [0.25, 0.3) is 0 Å². The van der Waals surface area contributed by atoms with Gasteiger partial charge in [0.15, 0.2) is 0 Å². The molecule has 0 saturated carbocycles. The molecule has 0 unspecified atom stereocenters. The van der Waals surface area contributed by atoms with Gasteiger partial charge in [-0.15, -0.1) is 0 Å². The number of nitrogens with zero attached hydrogens (tertiary/aromatic N) is 2. The third-order valence-electron chi connectivity index (χ3n) is 12.0. The fraction of sp³-hybridized carbons (Fsp3) is 0. The molecule has 0 N–H and O–H groups in total. The Balaban J connectivity index is 1.14. The van der Waals surface area contributed by atoms with Crippen molar-refractivity contribution in [3.05, 3.63) is 255 Å². The molecule has 2 nitrogen and oxygen atoms in total. The first-order chi connectivity index (χ1) is 30.8. The van der Waals surface area contributed by atoms with Crippen LogP contribution in [0.1, 0.15) is 0 Å². The number of hydrogen-bond donors (Lipinski definition) is 0. The Hall–Kier alpha value is -8.20. The Morgan fingerprint density at radius 3 is 1.31 bits per heavy atom. The van der Waals surface area contributed by atoms with E-state index in [-0.39, 0.29) is 0 Å². The SMILES string of the molecule is c1ccc(-c2ccccc2-c2ccc(N(c3ccccc3-c3ccccc3)c3cccc4c3c3ccccc3n4-c3ccccc3-c3ccccc3-c3ccccc3)cc2)cc1. The fourth-order valence-corrected chi connectivity index (χ4v) is 9.26. The van der Waals surface area contributed by atoms with Crippen LogP contribution in [0, 0.1) is 0 Å². The maximum absolute atomic E-state index is 2.47. The molecule has 0 aliphatic carbocycles. The number of para-hydroxylation sites is 3.